The van der Waals surface area contributed by atoms with Gasteiger partial charge in [-0.3, -0.25) is 4.90 Å². The maximum atomic E-state index is 13.6. The molecule has 1 fully saturated rings. The number of thioether (sulfide) groups is 1. The molecule has 1 N–H and O–H groups in total. The van der Waals surface area contributed by atoms with Gasteiger partial charge in [0.1, 0.15) is 5.82 Å². The summed E-state index contributed by atoms with van der Waals surface area (Å²) >= 11 is 1.61. The molecule has 20 heavy (non-hydrogen) atoms. The van der Waals surface area contributed by atoms with Crippen molar-refractivity contribution in [3.8, 4) is 0 Å². The number of halogens is 1. The Morgan fingerprint density at radius 2 is 2.20 bits per heavy atom. The zero-order valence-corrected chi connectivity index (χ0v) is 13.3. The topological polar surface area (TPSA) is 15.3 Å². The third kappa shape index (κ3) is 4.76. The molecule has 0 spiro atoms. The molecule has 1 aromatic carbocycles. The van der Waals surface area contributed by atoms with Crippen LogP contribution in [0.2, 0.25) is 0 Å². The van der Waals surface area contributed by atoms with E-state index in [9.17, 15) is 4.39 Å². The van der Waals surface area contributed by atoms with Crippen molar-refractivity contribution in [3.63, 3.8) is 0 Å². The normalized spacial score (nSPS) is 19.1. The van der Waals surface area contributed by atoms with Crippen molar-refractivity contribution in [2.75, 3.05) is 25.4 Å². The number of nitrogens with zero attached hydrogens (tertiary/aromatic N) is 1. The van der Waals surface area contributed by atoms with E-state index in [0.29, 0.717) is 12.1 Å². The minimum atomic E-state index is -0.106. The zero-order valence-electron chi connectivity index (χ0n) is 12.4. The average Bonchev–Trinajstić information content (AvgIpc) is 2.92. The molecule has 4 heteroatoms. The summed E-state index contributed by atoms with van der Waals surface area (Å²) in [4.78, 5) is 3.26. The fraction of sp³-hybridized carbons (Fsp3) is 0.625. The molecule has 1 heterocycles. The van der Waals surface area contributed by atoms with Crippen LogP contribution in [0.3, 0.4) is 0 Å². The van der Waals surface area contributed by atoms with Crippen LogP contribution >= 0.6 is 11.8 Å². The first kappa shape index (κ1) is 15.8. The molecule has 2 rings (SSSR count). The van der Waals surface area contributed by atoms with Gasteiger partial charge in [0, 0.05) is 35.8 Å². The molecule has 1 aliphatic heterocycles. The molecule has 0 saturated carbocycles. The number of hydrogen-bond acceptors (Lipinski definition) is 3. The van der Waals surface area contributed by atoms with Gasteiger partial charge in [0.05, 0.1) is 0 Å². The van der Waals surface area contributed by atoms with Gasteiger partial charge in [-0.05, 0) is 45.4 Å². The van der Waals surface area contributed by atoms with Gasteiger partial charge in [-0.25, -0.2) is 4.39 Å². The van der Waals surface area contributed by atoms with Crippen LogP contribution in [0.5, 0.6) is 0 Å². The van der Waals surface area contributed by atoms with Crippen LogP contribution in [0, 0.1) is 5.82 Å². The Kier molecular flexibility index (Phi) is 6.33. The molecule has 1 unspecified atom stereocenters. The molecule has 112 valence electrons. The third-order valence-electron chi connectivity index (χ3n) is 3.82. The zero-order chi connectivity index (χ0) is 14.4. The second kappa shape index (κ2) is 8.01. The predicted octanol–water partition coefficient (Wildman–Crippen LogP) is 3.38. The highest BCUT2D eigenvalue weighted by molar-refractivity contribution is 7.99. The molecule has 1 aliphatic rings. The van der Waals surface area contributed by atoms with Crippen LogP contribution in [0.1, 0.15) is 26.7 Å². The summed E-state index contributed by atoms with van der Waals surface area (Å²) in [5.41, 5.74) is 0. The lowest BCUT2D eigenvalue weighted by molar-refractivity contribution is 0.215. The van der Waals surface area contributed by atoms with E-state index in [2.05, 4.69) is 24.1 Å². The Balaban J connectivity index is 1.78. The lowest BCUT2D eigenvalue weighted by Crippen LogP contribution is -2.42. The summed E-state index contributed by atoms with van der Waals surface area (Å²) < 4.78 is 13.6. The molecule has 0 radical (unpaired) electrons. The summed E-state index contributed by atoms with van der Waals surface area (Å²) in [5, 5.41) is 3.55. The molecule has 0 aromatic heterocycles. The van der Waals surface area contributed by atoms with Crippen molar-refractivity contribution in [2.24, 2.45) is 0 Å². The molecular weight excluding hydrogens is 271 g/mol. The van der Waals surface area contributed by atoms with E-state index in [1.807, 2.05) is 12.1 Å². The SMILES string of the molecule is CC(C)N(CCSc1ccccc1F)CC1CCCN1. The first-order valence-corrected chi connectivity index (χ1v) is 8.50. The van der Waals surface area contributed by atoms with Gasteiger partial charge in [0.15, 0.2) is 0 Å². The Bertz CT molecular complexity index is 405. The Morgan fingerprint density at radius 3 is 2.85 bits per heavy atom. The van der Waals surface area contributed by atoms with Crippen LogP contribution in [-0.2, 0) is 0 Å². The quantitative estimate of drug-likeness (QED) is 0.777. The molecule has 0 bridgehead atoms. The van der Waals surface area contributed by atoms with Crippen LogP contribution < -0.4 is 5.32 Å². The van der Waals surface area contributed by atoms with Crippen molar-refractivity contribution in [3.05, 3.63) is 30.1 Å². The highest BCUT2D eigenvalue weighted by Crippen LogP contribution is 2.21. The van der Waals surface area contributed by atoms with Gasteiger partial charge >= 0.3 is 0 Å². The van der Waals surface area contributed by atoms with E-state index < -0.39 is 0 Å². The Hall–Kier alpha value is -0.580. The van der Waals surface area contributed by atoms with E-state index in [0.717, 1.165) is 30.3 Å². The van der Waals surface area contributed by atoms with Gasteiger partial charge in [0.2, 0.25) is 0 Å². The summed E-state index contributed by atoms with van der Waals surface area (Å²) in [6.07, 6.45) is 2.57. The number of rotatable bonds is 7. The monoisotopic (exact) mass is 296 g/mol. The van der Waals surface area contributed by atoms with Crippen LogP contribution in [-0.4, -0.2) is 42.4 Å². The van der Waals surface area contributed by atoms with Gasteiger partial charge in [-0.1, -0.05) is 12.1 Å². The summed E-state index contributed by atoms with van der Waals surface area (Å²) in [6.45, 7) is 7.75. The molecule has 0 aliphatic carbocycles. The van der Waals surface area contributed by atoms with Crippen LogP contribution in [0.25, 0.3) is 0 Å². The van der Waals surface area contributed by atoms with E-state index in [-0.39, 0.29) is 5.82 Å². The second-order valence-electron chi connectivity index (χ2n) is 5.66. The highest BCUT2D eigenvalue weighted by Gasteiger charge is 2.19. The fourth-order valence-electron chi connectivity index (χ4n) is 2.59. The maximum absolute atomic E-state index is 13.6. The molecular formula is C16H25FN2S. The minimum Gasteiger partial charge on any atom is -0.313 e. The summed E-state index contributed by atoms with van der Waals surface area (Å²) in [6, 6.07) is 8.21. The Morgan fingerprint density at radius 1 is 1.40 bits per heavy atom. The van der Waals surface area contributed by atoms with E-state index in [1.165, 1.54) is 18.9 Å². The van der Waals surface area contributed by atoms with Crippen molar-refractivity contribution in [2.45, 2.75) is 43.7 Å². The predicted molar refractivity (Wildman–Crippen MR) is 84.9 cm³/mol. The maximum Gasteiger partial charge on any atom is 0.136 e. The van der Waals surface area contributed by atoms with E-state index in [4.69, 9.17) is 0 Å². The molecule has 1 aromatic rings. The van der Waals surface area contributed by atoms with E-state index in [1.54, 1.807) is 17.8 Å². The lowest BCUT2D eigenvalue weighted by atomic mass is 10.2. The molecule has 2 nitrogen and oxygen atoms in total. The first-order chi connectivity index (χ1) is 9.66. The summed E-state index contributed by atoms with van der Waals surface area (Å²) in [5.74, 6) is 0.831. The van der Waals surface area contributed by atoms with Gasteiger partial charge in [0.25, 0.3) is 0 Å². The minimum absolute atomic E-state index is 0.106. The highest BCUT2D eigenvalue weighted by atomic mass is 32.2. The third-order valence-corrected chi connectivity index (χ3v) is 4.85. The van der Waals surface area contributed by atoms with Crippen LogP contribution in [0.15, 0.2) is 29.2 Å². The molecule has 1 atom stereocenters. The molecule has 0 amide bonds. The van der Waals surface area contributed by atoms with Crippen molar-refractivity contribution in [1.29, 1.82) is 0 Å². The second-order valence-corrected chi connectivity index (χ2v) is 6.80. The van der Waals surface area contributed by atoms with Crippen LogP contribution in [0.4, 0.5) is 4.39 Å². The standard InChI is InChI=1S/C16H25FN2S/c1-13(2)19(12-14-6-5-9-18-14)10-11-20-16-8-4-3-7-15(16)17/h3-4,7-8,13-14,18H,5-6,9-12H2,1-2H3. The van der Waals surface area contributed by atoms with E-state index >= 15 is 0 Å². The van der Waals surface area contributed by atoms with Gasteiger partial charge in [-0.15, -0.1) is 11.8 Å². The fourth-order valence-corrected chi connectivity index (χ4v) is 3.52. The number of benzene rings is 1. The van der Waals surface area contributed by atoms with Gasteiger partial charge < -0.3 is 5.32 Å². The Labute approximate surface area is 126 Å². The van der Waals surface area contributed by atoms with Gasteiger partial charge in [-0.2, -0.15) is 0 Å². The lowest BCUT2D eigenvalue weighted by Gasteiger charge is -2.29. The largest absolute Gasteiger partial charge is 0.313 e. The van der Waals surface area contributed by atoms with Crippen molar-refractivity contribution in [1.82, 2.24) is 10.2 Å². The average molecular weight is 296 g/mol. The number of hydrogen-bond donors (Lipinski definition) is 1. The molecule has 1 saturated heterocycles. The smallest absolute Gasteiger partial charge is 0.136 e. The first-order valence-electron chi connectivity index (χ1n) is 7.51. The summed E-state index contributed by atoms with van der Waals surface area (Å²) in [7, 11) is 0. The number of nitrogens with one attached hydrogen (secondary N) is 1. The van der Waals surface area contributed by atoms with Crippen molar-refractivity contribution < 1.29 is 4.39 Å². The van der Waals surface area contributed by atoms with Crippen molar-refractivity contribution >= 4 is 11.8 Å².